The number of likely N-dealkylation sites (tertiary alicyclic amines) is 1. The van der Waals surface area contributed by atoms with E-state index < -0.39 is 17.7 Å². The van der Waals surface area contributed by atoms with E-state index in [0.29, 0.717) is 29.1 Å². The lowest BCUT2D eigenvalue weighted by Gasteiger charge is -2.28. The fourth-order valence-electron chi connectivity index (χ4n) is 3.54. The number of carbonyl (C=O) groups is 1. The van der Waals surface area contributed by atoms with Gasteiger partial charge < -0.3 is 9.26 Å². The van der Waals surface area contributed by atoms with Crippen LogP contribution < -0.4 is 0 Å². The Kier molecular flexibility index (Phi) is 5.81. The molecule has 0 aliphatic carbocycles. The molecule has 3 heterocycles. The molecule has 1 aliphatic rings. The number of alkyl halides is 3. The zero-order valence-corrected chi connectivity index (χ0v) is 18.3. The summed E-state index contributed by atoms with van der Waals surface area (Å²) in [6.45, 7) is 6.03. The van der Waals surface area contributed by atoms with Crippen LogP contribution in [0.3, 0.4) is 0 Å². The number of ether oxygens (including phenoxy) is 1. The summed E-state index contributed by atoms with van der Waals surface area (Å²) in [5.74, 6) is -1.56. The Balaban J connectivity index is 1.54. The molecule has 1 fully saturated rings. The van der Waals surface area contributed by atoms with Gasteiger partial charge in [0.25, 0.3) is 0 Å². The number of rotatable bonds is 3. The van der Waals surface area contributed by atoms with Gasteiger partial charge in [0.05, 0.1) is 29.8 Å². The van der Waals surface area contributed by atoms with Gasteiger partial charge in [-0.25, -0.2) is 9.78 Å². The van der Waals surface area contributed by atoms with Crippen molar-refractivity contribution in [2.75, 3.05) is 6.54 Å². The van der Waals surface area contributed by atoms with Crippen molar-refractivity contribution in [1.29, 1.82) is 0 Å². The van der Waals surface area contributed by atoms with E-state index in [2.05, 4.69) is 24.6 Å². The Morgan fingerprint density at radius 1 is 1.09 bits per heavy atom. The van der Waals surface area contributed by atoms with E-state index in [1.807, 2.05) is 20.8 Å². The standard InChI is InChI=1S/C22H22F3N5O3/c1-21(2,3)32-20(31)30-10-4-5-17(30)16-12-26-11-15(27-16)13-6-8-14(9-7-13)18-28-19(33-29-18)22(23,24)25/h6-9,11-12,17H,4-5,10H2,1-3H3/t17-/m1/s1. The number of nitrogens with zero attached hydrogens (tertiary/aromatic N) is 5. The van der Waals surface area contributed by atoms with E-state index in [1.54, 1.807) is 41.6 Å². The first-order valence-electron chi connectivity index (χ1n) is 10.3. The molecule has 1 saturated heterocycles. The maximum absolute atomic E-state index is 12.7. The predicted octanol–water partition coefficient (Wildman–Crippen LogP) is 5.28. The molecule has 11 heteroatoms. The quantitative estimate of drug-likeness (QED) is 0.523. The molecule has 0 spiro atoms. The Bertz CT molecular complexity index is 1140. The highest BCUT2D eigenvalue weighted by Crippen LogP contribution is 2.33. The van der Waals surface area contributed by atoms with Crippen molar-refractivity contribution in [3.05, 3.63) is 48.2 Å². The minimum absolute atomic E-state index is 0.160. The molecule has 0 saturated carbocycles. The molecule has 2 aromatic heterocycles. The van der Waals surface area contributed by atoms with Crippen molar-refractivity contribution < 1.29 is 27.2 Å². The largest absolute Gasteiger partial charge is 0.471 e. The van der Waals surface area contributed by atoms with Crippen LogP contribution in [0.2, 0.25) is 0 Å². The van der Waals surface area contributed by atoms with Crippen LogP contribution in [0.1, 0.15) is 51.2 Å². The maximum Gasteiger partial charge on any atom is 0.471 e. The van der Waals surface area contributed by atoms with E-state index >= 15 is 0 Å². The fraction of sp³-hybridized carbons (Fsp3) is 0.409. The van der Waals surface area contributed by atoms with Gasteiger partial charge in [-0.05, 0) is 33.6 Å². The lowest BCUT2D eigenvalue weighted by Crippen LogP contribution is -2.36. The predicted molar refractivity (Wildman–Crippen MR) is 111 cm³/mol. The van der Waals surface area contributed by atoms with Crippen LogP contribution in [0.25, 0.3) is 22.6 Å². The lowest BCUT2D eigenvalue weighted by atomic mass is 10.1. The molecule has 33 heavy (non-hydrogen) atoms. The number of aromatic nitrogens is 4. The summed E-state index contributed by atoms with van der Waals surface area (Å²) in [6, 6.07) is 6.29. The first kappa shape index (κ1) is 22.7. The van der Waals surface area contributed by atoms with Crippen molar-refractivity contribution in [3.63, 3.8) is 0 Å². The number of amides is 1. The van der Waals surface area contributed by atoms with Gasteiger partial charge in [0.1, 0.15) is 5.60 Å². The SMILES string of the molecule is CC(C)(C)OC(=O)N1CCC[C@@H]1c1cncc(-c2ccc(-c3noc(C(F)(F)F)n3)cc2)n1. The first-order valence-corrected chi connectivity index (χ1v) is 10.3. The summed E-state index contributed by atoms with van der Waals surface area (Å²) in [5.41, 5.74) is 1.69. The van der Waals surface area contributed by atoms with E-state index in [1.165, 1.54) is 0 Å². The number of hydrogen-bond donors (Lipinski definition) is 0. The summed E-state index contributed by atoms with van der Waals surface area (Å²) in [6.07, 6.45) is -0.302. The van der Waals surface area contributed by atoms with Gasteiger partial charge in [-0.1, -0.05) is 29.4 Å². The molecule has 0 unspecified atom stereocenters. The van der Waals surface area contributed by atoms with Crippen molar-refractivity contribution in [3.8, 4) is 22.6 Å². The number of hydrogen-bond acceptors (Lipinski definition) is 7. The van der Waals surface area contributed by atoms with Gasteiger partial charge in [-0.3, -0.25) is 9.88 Å². The Morgan fingerprint density at radius 2 is 1.79 bits per heavy atom. The van der Waals surface area contributed by atoms with Crippen LogP contribution in [0, 0.1) is 0 Å². The molecule has 3 aromatic rings. The summed E-state index contributed by atoms with van der Waals surface area (Å²) in [5, 5.41) is 3.39. The Morgan fingerprint density at radius 3 is 2.42 bits per heavy atom. The highest BCUT2D eigenvalue weighted by atomic mass is 19.4. The summed E-state index contributed by atoms with van der Waals surface area (Å²) < 4.78 is 47.8. The summed E-state index contributed by atoms with van der Waals surface area (Å²) >= 11 is 0. The van der Waals surface area contributed by atoms with Crippen molar-refractivity contribution >= 4 is 6.09 Å². The van der Waals surface area contributed by atoms with Gasteiger partial charge >= 0.3 is 18.2 Å². The van der Waals surface area contributed by atoms with Gasteiger partial charge in [0.2, 0.25) is 5.82 Å². The average Bonchev–Trinajstić information content (AvgIpc) is 3.43. The van der Waals surface area contributed by atoms with Crippen LogP contribution in [-0.4, -0.2) is 43.2 Å². The second-order valence-corrected chi connectivity index (χ2v) is 8.66. The Labute approximate surface area is 187 Å². The molecule has 1 aliphatic heterocycles. The third-order valence-electron chi connectivity index (χ3n) is 4.98. The van der Waals surface area contributed by atoms with Gasteiger partial charge in [-0.2, -0.15) is 18.2 Å². The molecule has 0 bridgehead atoms. The van der Waals surface area contributed by atoms with Crippen LogP contribution in [0.5, 0.6) is 0 Å². The van der Waals surface area contributed by atoms with Gasteiger partial charge in [-0.15, -0.1) is 0 Å². The van der Waals surface area contributed by atoms with E-state index in [-0.39, 0.29) is 18.0 Å². The minimum atomic E-state index is -4.70. The third-order valence-corrected chi connectivity index (χ3v) is 4.98. The topological polar surface area (TPSA) is 94.2 Å². The summed E-state index contributed by atoms with van der Waals surface area (Å²) in [7, 11) is 0. The number of halogens is 3. The monoisotopic (exact) mass is 461 g/mol. The van der Waals surface area contributed by atoms with Gasteiger partial charge in [0.15, 0.2) is 0 Å². The highest BCUT2D eigenvalue weighted by Gasteiger charge is 2.38. The molecular formula is C22H22F3N5O3. The van der Waals surface area contributed by atoms with Crippen LogP contribution in [0.4, 0.5) is 18.0 Å². The normalized spacial score (nSPS) is 16.8. The molecule has 0 radical (unpaired) electrons. The summed E-state index contributed by atoms with van der Waals surface area (Å²) in [4.78, 5) is 26.6. The molecule has 1 amide bonds. The van der Waals surface area contributed by atoms with Crippen molar-refractivity contribution in [2.24, 2.45) is 0 Å². The smallest absolute Gasteiger partial charge is 0.444 e. The Hall–Kier alpha value is -3.50. The van der Waals surface area contributed by atoms with E-state index in [4.69, 9.17) is 4.74 Å². The fourth-order valence-corrected chi connectivity index (χ4v) is 3.54. The molecule has 1 atom stereocenters. The molecule has 8 nitrogen and oxygen atoms in total. The minimum Gasteiger partial charge on any atom is -0.444 e. The molecular weight excluding hydrogens is 439 g/mol. The third kappa shape index (κ3) is 5.12. The zero-order valence-electron chi connectivity index (χ0n) is 18.3. The van der Waals surface area contributed by atoms with Crippen LogP contribution in [-0.2, 0) is 10.9 Å². The van der Waals surface area contributed by atoms with Crippen molar-refractivity contribution in [2.45, 2.75) is 51.4 Å². The first-order chi connectivity index (χ1) is 15.5. The maximum atomic E-state index is 12.7. The zero-order chi connectivity index (χ0) is 23.8. The molecule has 1 aromatic carbocycles. The lowest BCUT2D eigenvalue weighted by molar-refractivity contribution is -0.159. The molecule has 0 N–H and O–H groups in total. The number of carbonyl (C=O) groups excluding carboxylic acids is 1. The van der Waals surface area contributed by atoms with E-state index in [0.717, 1.165) is 12.8 Å². The van der Waals surface area contributed by atoms with Crippen LogP contribution in [0.15, 0.2) is 41.2 Å². The molecule has 174 valence electrons. The van der Waals surface area contributed by atoms with Gasteiger partial charge in [0, 0.05) is 17.7 Å². The number of benzene rings is 1. The average molecular weight is 461 g/mol. The van der Waals surface area contributed by atoms with Crippen molar-refractivity contribution in [1.82, 2.24) is 25.0 Å². The van der Waals surface area contributed by atoms with E-state index in [9.17, 15) is 18.0 Å². The highest BCUT2D eigenvalue weighted by molar-refractivity contribution is 5.69. The van der Waals surface area contributed by atoms with Crippen LogP contribution >= 0.6 is 0 Å². The molecule has 4 rings (SSSR count). The second-order valence-electron chi connectivity index (χ2n) is 8.66. The second kappa shape index (κ2) is 8.45.